The predicted molar refractivity (Wildman–Crippen MR) is 122 cm³/mol. The summed E-state index contributed by atoms with van der Waals surface area (Å²) in [6, 6.07) is 8.12. The van der Waals surface area contributed by atoms with Crippen molar-refractivity contribution in [3.8, 4) is 0 Å². The Kier molecular flexibility index (Phi) is 4.32. The Labute approximate surface area is 194 Å². The lowest BCUT2D eigenvalue weighted by Crippen LogP contribution is -2.64. The van der Waals surface area contributed by atoms with Crippen LogP contribution in [-0.2, 0) is 20.7 Å². The molecule has 2 spiro atoms. The first-order valence-electron chi connectivity index (χ1n) is 11.8. The monoisotopic (exact) mass is 446 g/mol. The van der Waals surface area contributed by atoms with Crippen LogP contribution in [-0.4, -0.2) is 48.4 Å². The van der Waals surface area contributed by atoms with Gasteiger partial charge in [0, 0.05) is 23.3 Å². The Morgan fingerprint density at radius 1 is 1.18 bits per heavy atom. The van der Waals surface area contributed by atoms with E-state index in [4.69, 9.17) is 4.74 Å². The number of carbonyl (C=O) groups excluding carboxylic acids is 2. The van der Waals surface area contributed by atoms with Gasteiger partial charge in [-0.25, -0.2) is 0 Å². The molecule has 1 amide bonds. The van der Waals surface area contributed by atoms with Crippen molar-refractivity contribution in [1.82, 2.24) is 10.2 Å². The Hall–Kier alpha value is -2.80. The number of fused-ring (bicyclic) bond motifs is 2. The Morgan fingerprint density at radius 2 is 1.94 bits per heavy atom. The standard InChI is InChI=1S/C26H30N4O3/c1-16-4-6-17(7-5-16)8-21(32)30-13-25(14-30)12-26(15-33-25)18-11-27-29-23(18)28-19-9-24(2,3)10-20(31)22(19)26/h4-7,28H,8-15H2,1-3H3. The molecular formula is C26H30N4O3. The molecule has 2 fully saturated rings. The van der Waals surface area contributed by atoms with E-state index in [1.54, 1.807) is 0 Å². The fraction of sp³-hybridized carbons (Fsp3) is 0.538. The summed E-state index contributed by atoms with van der Waals surface area (Å²) in [7, 11) is 0. The van der Waals surface area contributed by atoms with E-state index in [9.17, 15) is 9.59 Å². The van der Waals surface area contributed by atoms with Gasteiger partial charge in [-0.3, -0.25) is 9.59 Å². The molecule has 7 nitrogen and oxygen atoms in total. The van der Waals surface area contributed by atoms with Gasteiger partial charge in [-0.1, -0.05) is 43.7 Å². The molecule has 0 saturated carbocycles. The number of azo groups is 1. The second-order valence-corrected chi connectivity index (χ2v) is 11.3. The van der Waals surface area contributed by atoms with Crippen molar-refractivity contribution in [3.63, 3.8) is 0 Å². The highest BCUT2D eigenvalue weighted by Crippen LogP contribution is 2.58. The number of allylic oxidation sites excluding steroid dienone is 1. The highest BCUT2D eigenvalue weighted by Gasteiger charge is 2.62. The van der Waals surface area contributed by atoms with Crippen molar-refractivity contribution in [2.45, 2.75) is 52.1 Å². The molecule has 33 heavy (non-hydrogen) atoms. The summed E-state index contributed by atoms with van der Waals surface area (Å²) in [6.45, 7) is 8.44. The molecule has 1 atom stereocenters. The molecule has 4 heterocycles. The van der Waals surface area contributed by atoms with E-state index in [0.717, 1.165) is 34.6 Å². The molecule has 0 radical (unpaired) electrons. The summed E-state index contributed by atoms with van der Waals surface area (Å²) in [5.74, 6) is 1.13. The third kappa shape index (κ3) is 3.20. The number of nitrogens with one attached hydrogen (secondary N) is 1. The van der Waals surface area contributed by atoms with E-state index in [1.807, 2.05) is 36.1 Å². The van der Waals surface area contributed by atoms with E-state index in [2.05, 4.69) is 29.4 Å². The SMILES string of the molecule is Cc1ccc(CC(=O)N2CC3(C2)CC2(CO3)C3=C(N=NC3)NC3=C2C(=O)CC(C)(C)C3)cc1. The number of Topliss-reactive ketones (excluding diaryl/α,β-unsaturated/α-hetero) is 1. The Balaban J connectivity index is 1.23. The number of rotatable bonds is 2. The van der Waals surface area contributed by atoms with Crippen LogP contribution in [0.4, 0.5) is 0 Å². The summed E-state index contributed by atoms with van der Waals surface area (Å²) >= 11 is 0. The molecule has 4 aliphatic heterocycles. The number of aryl methyl sites for hydroxylation is 1. The minimum absolute atomic E-state index is 0.0786. The quantitative estimate of drug-likeness (QED) is 0.754. The number of carbonyl (C=O) groups is 2. The number of dihydropyridines is 1. The number of amides is 1. The number of benzene rings is 1. The van der Waals surface area contributed by atoms with Gasteiger partial charge < -0.3 is 15.0 Å². The van der Waals surface area contributed by atoms with Gasteiger partial charge in [0.2, 0.25) is 5.91 Å². The van der Waals surface area contributed by atoms with Crippen LogP contribution in [0.25, 0.3) is 0 Å². The first kappa shape index (κ1) is 20.8. The van der Waals surface area contributed by atoms with Gasteiger partial charge in [0.15, 0.2) is 11.6 Å². The van der Waals surface area contributed by atoms with Gasteiger partial charge >= 0.3 is 0 Å². The minimum atomic E-state index is -0.473. The zero-order valence-electron chi connectivity index (χ0n) is 19.5. The first-order chi connectivity index (χ1) is 15.7. The number of hydrogen-bond acceptors (Lipinski definition) is 6. The fourth-order valence-electron chi connectivity index (χ4n) is 6.37. The maximum atomic E-state index is 13.4. The Morgan fingerprint density at radius 3 is 2.70 bits per heavy atom. The van der Waals surface area contributed by atoms with Crippen molar-refractivity contribution in [2.24, 2.45) is 21.1 Å². The minimum Gasteiger partial charge on any atom is -0.370 e. The van der Waals surface area contributed by atoms with E-state index >= 15 is 0 Å². The van der Waals surface area contributed by atoms with Crippen molar-refractivity contribution in [3.05, 3.63) is 58.1 Å². The van der Waals surface area contributed by atoms with Crippen LogP contribution in [0.15, 0.2) is 57.2 Å². The Bertz CT molecular complexity index is 1150. The molecule has 0 aromatic heterocycles. The number of nitrogens with zero attached hydrogens (tertiary/aromatic N) is 3. The zero-order valence-corrected chi connectivity index (χ0v) is 19.5. The smallest absolute Gasteiger partial charge is 0.227 e. The van der Waals surface area contributed by atoms with E-state index in [-0.39, 0.29) is 17.1 Å². The molecule has 1 aromatic carbocycles. The summed E-state index contributed by atoms with van der Waals surface area (Å²) in [5, 5.41) is 12.1. The van der Waals surface area contributed by atoms with E-state index in [1.165, 1.54) is 5.56 Å². The average molecular weight is 447 g/mol. The molecule has 5 aliphatic rings. The van der Waals surface area contributed by atoms with Crippen LogP contribution in [0.3, 0.4) is 0 Å². The van der Waals surface area contributed by atoms with Crippen molar-refractivity contribution in [2.75, 3.05) is 26.2 Å². The number of hydrogen-bond donors (Lipinski definition) is 1. The second-order valence-electron chi connectivity index (χ2n) is 11.3. The van der Waals surface area contributed by atoms with Crippen LogP contribution in [0, 0.1) is 17.8 Å². The highest BCUT2D eigenvalue weighted by atomic mass is 16.5. The summed E-state index contributed by atoms with van der Waals surface area (Å²) in [5.41, 5.74) is 4.22. The maximum absolute atomic E-state index is 13.4. The lowest BCUT2D eigenvalue weighted by molar-refractivity contribution is -0.157. The zero-order chi connectivity index (χ0) is 23.0. The van der Waals surface area contributed by atoms with Crippen molar-refractivity contribution < 1.29 is 14.3 Å². The topological polar surface area (TPSA) is 83.4 Å². The van der Waals surface area contributed by atoms with Crippen LogP contribution >= 0.6 is 0 Å². The lowest BCUT2D eigenvalue weighted by Gasteiger charge is -2.49. The molecule has 1 N–H and O–H groups in total. The summed E-state index contributed by atoms with van der Waals surface area (Å²) < 4.78 is 6.45. The van der Waals surface area contributed by atoms with Gasteiger partial charge in [-0.15, -0.1) is 5.11 Å². The van der Waals surface area contributed by atoms with Crippen LogP contribution in [0.2, 0.25) is 0 Å². The van der Waals surface area contributed by atoms with Crippen molar-refractivity contribution >= 4 is 11.7 Å². The molecule has 2 saturated heterocycles. The third-order valence-corrected chi connectivity index (χ3v) is 7.92. The average Bonchev–Trinajstić information content (AvgIpc) is 3.33. The number of likely N-dealkylation sites (tertiary alicyclic amines) is 1. The highest BCUT2D eigenvalue weighted by molar-refractivity contribution is 6.00. The fourth-order valence-corrected chi connectivity index (χ4v) is 6.37. The summed E-state index contributed by atoms with van der Waals surface area (Å²) in [6.07, 6.45) is 2.48. The van der Waals surface area contributed by atoms with Gasteiger partial charge in [0.25, 0.3) is 0 Å². The maximum Gasteiger partial charge on any atom is 0.227 e. The molecular weight excluding hydrogens is 416 g/mol. The van der Waals surface area contributed by atoms with Gasteiger partial charge in [-0.2, -0.15) is 5.11 Å². The normalized spacial score (nSPS) is 28.8. The first-order valence-corrected chi connectivity index (χ1v) is 11.8. The predicted octanol–water partition coefficient (Wildman–Crippen LogP) is 3.45. The van der Waals surface area contributed by atoms with Gasteiger partial charge in [-0.05, 0) is 30.7 Å². The molecule has 1 aromatic rings. The van der Waals surface area contributed by atoms with Gasteiger partial charge in [0.05, 0.1) is 38.1 Å². The van der Waals surface area contributed by atoms with E-state index < -0.39 is 11.0 Å². The van der Waals surface area contributed by atoms with Gasteiger partial charge in [0.1, 0.15) is 5.60 Å². The molecule has 172 valence electrons. The second kappa shape index (κ2) is 6.86. The molecule has 6 rings (SSSR count). The molecule has 0 bridgehead atoms. The number of ketones is 1. The number of ether oxygens (including phenoxy) is 1. The van der Waals surface area contributed by atoms with E-state index in [0.29, 0.717) is 45.5 Å². The third-order valence-electron chi connectivity index (χ3n) is 7.92. The summed E-state index contributed by atoms with van der Waals surface area (Å²) in [4.78, 5) is 28.2. The van der Waals surface area contributed by atoms with Crippen LogP contribution in [0.5, 0.6) is 0 Å². The molecule has 7 heteroatoms. The lowest BCUT2D eigenvalue weighted by atomic mass is 9.61. The molecule has 1 aliphatic carbocycles. The van der Waals surface area contributed by atoms with Crippen LogP contribution < -0.4 is 5.32 Å². The largest absolute Gasteiger partial charge is 0.370 e. The van der Waals surface area contributed by atoms with Crippen LogP contribution in [0.1, 0.15) is 44.2 Å². The van der Waals surface area contributed by atoms with Crippen molar-refractivity contribution in [1.29, 1.82) is 0 Å². The molecule has 1 unspecified atom stereocenters.